The van der Waals surface area contributed by atoms with Crippen LogP contribution in [0.2, 0.25) is 0 Å². The van der Waals surface area contributed by atoms with E-state index in [0.29, 0.717) is 42.7 Å². The molecule has 5 aliphatic rings. The van der Waals surface area contributed by atoms with Crippen LogP contribution in [0.5, 0.6) is 0 Å². The standard InChI is InChI=1S/C24H34N2O4S/c1-22-11-18-12-23(2,15-22)17-24(13-18,16-22)21(27)25-14-19-5-3-4-6-20(19)31(28,29)26-7-9-30-10-8-26/h3-6,18H,7-17H2,1-2H3,(H,25,27)/t18?,22-,23+,24?. The van der Waals surface area contributed by atoms with Gasteiger partial charge in [0, 0.05) is 19.6 Å². The second kappa shape index (κ2) is 7.29. The summed E-state index contributed by atoms with van der Waals surface area (Å²) in [6.45, 7) is 6.54. The summed E-state index contributed by atoms with van der Waals surface area (Å²) in [4.78, 5) is 13.8. The highest BCUT2D eigenvalue weighted by atomic mass is 32.2. The fourth-order valence-corrected chi connectivity index (χ4v) is 9.52. The summed E-state index contributed by atoms with van der Waals surface area (Å²) < 4.78 is 33.2. The Balaban J connectivity index is 1.35. The molecule has 4 aliphatic carbocycles. The first kappa shape index (κ1) is 21.4. The number of amides is 1. The lowest BCUT2D eigenvalue weighted by atomic mass is 9.40. The van der Waals surface area contributed by atoms with Crippen LogP contribution in [-0.2, 0) is 26.1 Å². The van der Waals surface area contributed by atoms with Gasteiger partial charge in [-0.05, 0) is 66.9 Å². The minimum Gasteiger partial charge on any atom is -0.379 e. The predicted molar refractivity (Wildman–Crippen MR) is 118 cm³/mol. The molecule has 1 heterocycles. The molecule has 0 aromatic heterocycles. The van der Waals surface area contributed by atoms with Crippen molar-refractivity contribution in [3.8, 4) is 0 Å². The number of carbonyl (C=O) groups excluding carboxylic acids is 1. The van der Waals surface area contributed by atoms with Gasteiger partial charge in [0.25, 0.3) is 0 Å². The fourth-order valence-electron chi connectivity index (χ4n) is 7.89. The number of benzene rings is 1. The zero-order valence-electron chi connectivity index (χ0n) is 18.7. The van der Waals surface area contributed by atoms with Gasteiger partial charge in [0.15, 0.2) is 0 Å². The molecule has 7 heteroatoms. The summed E-state index contributed by atoms with van der Waals surface area (Å²) in [5.74, 6) is 0.763. The molecule has 1 saturated heterocycles. The summed E-state index contributed by atoms with van der Waals surface area (Å²) >= 11 is 0. The normalized spacial score (nSPS) is 37.7. The first-order valence-electron chi connectivity index (χ1n) is 11.6. The SMILES string of the molecule is C[C@]12CC3CC(C(=O)NCc4ccccc4S(=O)(=O)N4CCOCC4)(C1)C[C@@](C)(C3)C2. The average Bonchev–Trinajstić information content (AvgIpc) is 2.70. The van der Waals surface area contributed by atoms with Crippen molar-refractivity contribution in [2.24, 2.45) is 22.2 Å². The molecule has 4 saturated carbocycles. The van der Waals surface area contributed by atoms with E-state index in [2.05, 4.69) is 19.2 Å². The van der Waals surface area contributed by atoms with Crippen LogP contribution in [0.25, 0.3) is 0 Å². The number of morpholine rings is 1. The van der Waals surface area contributed by atoms with Crippen molar-refractivity contribution >= 4 is 15.9 Å². The number of carbonyl (C=O) groups is 1. The van der Waals surface area contributed by atoms with E-state index in [1.54, 1.807) is 12.1 Å². The van der Waals surface area contributed by atoms with E-state index in [1.165, 1.54) is 23.6 Å². The monoisotopic (exact) mass is 446 g/mol. The van der Waals surface area contributed by atoms with Gasteiger partial charge >= 0.3 is 0 Å². The number of ether oxygens (including phenoxy) is 1. The molecule has 0 spiro atoms. The smallest absolute Gasteiger partial charge is 0.243 e. The van der Waals surface area contributed by atoms with Crippen LogP contribution in [0.4, 0.5) is 0 Å². The molecule has 1 aliphatic heterocycles. The number of hydrogen-bond donors (Lipinski definition) is 1. The summed E-state index contributed by atoms with van der Waals surface area (Å²) in [7, 11) is -3.60. The van der Waals surface area contributed by atoms with Gasteiger partial charge in [-0.25, -0.2) is 8.42 Å². The molecule has 31 heavy (non-hydrogen) atoms. The number of sulfonamides is 1. The van der Waals surface area contributed by atoms with Gasteiger partial charge in [-0.3, -0.25) is 4.79 Å². The molecule has 4 bridgehead atoms. The van der Waals surface area contributed by atoms with Crippen molar-refractivity contribution in [3.05, 3.63) is 29.8 Å². The summed E-state index contributed by atoms with van der Waals surface area (Å²) in [5, 5.41) is 3.16. The molecular formula is C24H34N2O4S. The molecule has 2 unspecified atom stereocenters. The van der Waals surface area contributed by atoms with Gasteiger partial charge in [0.2, 0.25) is 15.9 Å². The Labute approximate surface area is 185 Å². The van der Waals surface area contributed by atoms with Gasteiger partial charge in [-0.1, -0.05) is 32.0 Å². The maximum absolute atomic E-state index is 13.5. The van der Waals surface area contributed by atoms with E-state index in [1.807, 2.05) is 12.1 Å². The zero-order chi connectivity index (χ0) is 21.9. The van der Waals surface area contributed by atoms with Gasteiger partial charge in [-0.2, -0.15) is 4.31 Å². The second-order valence-corrected chi connectivity index (χ2v) is 13.1. The molecule has 6 nitrogen and oxygen atoms in total. The fraction of sp³-hybridized carbons (Fsp3) is 0.708. The predicted octanol–water partition coefficient (Wildman–Crippen LogP) is 3.32. The zero-order valence-corrected chi connectivity index (χ0v) is 19.5. The Hall–Kier alpha value is -1.44. The highest BCUT2D eigenvalue weighted by Gasteiger charge is 2.62. The summed E-state index contributed by atoms with van der Waals surface area (Å²) in [6.07, 6.45) is 6.64. The lowest BCUT2D eigenvalue weighted by Crippen LogP contribution is -2.59. The number of nitrogens with zero attached hydrogens (tertiary/aromatic N) is 1. The molecule has 1 aromatic carbocycles. The van der Waals surface area contributed by atoms with Gasteiger partial charge < -0.3 is 10.1 Å². The Kier molecular flexibility index (Phi) is 5.03. The van der Waals surface area contributed by atoms with Crippen molar-refractivity contribution < 1.29 is 17.9 Å². The lowest BCUT2D eigenvalue weighted by Gasteiger charge is -2.64. The third kappa shape index (κ3) is 3.72. The lowest BCUT2D eigenvalue weighted by molar-refractivity contribution is -0.170. The highest BCUT2D eigenvalue weighted by Crippen LogP contribution is 2.69. The minimum absolute atomic E-state index is 0.118. The third-order valence-corrected chi connectivity index (χ3v) is 10.1. The maximum Gasteiger partial charge on any atom is 0.243 e. The molecule has 170 valence electrons. The van der Waals surface area contributed by atoms with E-state index in [4.69, 9.17) is 4.74 Å². The molecular weight excluding hydrogens is 412 g/mol. The first-order valence-corrected chi connectivity index (χ1v) is 13.0. The molecule has 6 rings (SSSR count). The van der Waals surface area contributed by atoms with Crippen LogP contribution in [0, 0.1) is 22.2 Å². The molecule has 0 radical (unpaired) electrons. The van der Waals surface area contributed by atoms with Crippen molar-refractivity contribution in [1.29, 1.82) is 0 Å². The third-order valence-electron chi connectivity index (χ3n) is 8.11. The van der Waals surface area contributed by atoms with Crippen molar-refractivity contribution in [3.63, 3.8) is 0 Å². The maximum atomic E-state index is 13.5. The van der Waals surface area contributed by atoms with E-state index >= 15 is 0 Å². The van der Waals surface area contributed by atoms with E-state index in [9.17, 15) is 13.2 Å². The van der Waals surface area contributed by atoms with Crippen LogP contribution in [0.15, 0.2) is 29.2 Å². The molecule has 1 amide bonds. The topological polar surface area (TPSA) is 75.7 Å². The largest absolute Gasteiger partial charge is 0.379 e. The van der Waals surface area contributed by atoms with Crippen LogP contribution >= 0.6 is 0 Å². The van der Waals surface area contributed by atoms with Crippen molar-refractivity contribution in [2.75, 3.05) is 26.3 Å². The first-order chi connectivity index (χ1) is 14.6. The minimum atomic E-state index is -3.60. The molecule has 4 atom stereocenters. The van der Waals surface area contributed by atoms with E-state index in [0.717, 1.165) is 19.3 Å². The van der Waals surface area contributed by atoms with Gasteiger partial charge in [0.1, 0.15) is 0 Å². The molecule has 5 fully saturated rings. The van der Waals surface area contributed by atoms with E-state index in [-0.39, 0.29) is 28.7 Å². The highest BCUT2D eigenvalue weighted by molar-refractivity contribution is 7.89. The Bertz CT molecular complexity index is 967. The van der Waals surface area contributed by atoms with Crippen LogP contribution in [0.3, 0.4) is 0 Å². The van der Waals surface area contributed by atoms with Crippen molar-refractivity contribution in [1.82, 2.24) is 9.62 Å². The summed E-state index contributed by atoms with van der Waals surface area (Å²) in [6, 6.07) is 7.06. The quantitative estimate of drug-likeness (QED) is 0.753. The summed E-state index contributed by atoms with van der Waals surface area (Å²) in [5.41, 5.74) is 0.900. The number of hydrogen-bond acceptors (Lipinski definition) is 4. The Morgan fingerprint density at radius 3 is 2.35 bits per heavy atom. The van der Waals surface area contributed by atoms with Crippen LogP contribution in [-0.4, -0.2) is 44.9 Å². The number of nitrogens with one attached hydrogen (secondary N) is 1. The molecule has 1 N–H and O–H groups in total. The van der Waals surface area contributed by atoms with Gasteiger partial charge in [-0.15, -0.1) is 0 Å². The van der Waals surface area contributed by atoms with Gasteiger partial charge in [0.05, 0.1) is 23.5 Å². The Morgan fingerprint density at radius 1 is 1.06 bits per heavy atom. The second-order valence-electron chi connectivity index (χ2n) is 11.2. The van der Waals surface area contributed by atoms with Crippen molar-refractivity contribution in [2.45, 2.75) is 63.8 Å². The average molecular weight is 447 g/mol. The van der Waals surface area contributed by atoms with Crippen LogP contribution in [0.1, 0.15) is 57.9 Å². The van der Waals surface area contributed by atoms with E-state index < -0.39 is 10.0 Å². The Morgan fingerprint density at radius 2 is 1.71 bits per heavy atom. The molecule has 1 aromatic rings. The number of rotatable bonds is 5. The van der Waals surface area contributed by atoms with Crippen LogP contribution < -0.4 is 5.32 Å².